The van der Waals surface area contributed by atoms with Crippen LogP contribution in [0, 0.1) is 11.6 Å². The topological polar surface area (TPSA) is 51.7 Å². The average Bonchev–Trinajstić information content (AvgIpc) is 2.39. The van der Waals surface area contributed by atoms with Crippen molar-refractivity contribution in [1.29, 1.82) is 0 Å². The van der Waals surface area contributed by atoms with Gasteiger partial charge in [-0.3, -0.25) is 4.79 Å². The predicted octanol–water partition coefficient (Wildman–Crippen LogP) is 1.38. The lowest BCUT2D eigenvalue weighted by Crippen LogP contribution is -2.31. The molecular weight excluding hydrogens is 258 g/mol. The number of ether oxygens (including phenoxy) is 2. The number of pyridine rings is 1. The van der Waals surface area contributed by atoms with Crippen molar-refractivity contribution in [3.05, 3.63) is 23.9 Å². The summed E-state index contributed by atoms with van der Waals surface area (Å²) in [7, 11) is 2.78. The molecule has 0 unspecified atom stereocenters. The van der Waals surface area contributed by atoms with Crippen LogP contribution in [0.4, 0.5) is 14.6 Å². The molecule has 0 saturated heterocycles. The van der Waals surface area contributed by atoms with Gasteiger partial charge >= 0.3 is 5.97 Å². The van der Waals surface area contributed by atoms with E-state index in [2.05, 4.69) is 9.72 Å². The maximum Gasteiger partial charge on any atom is 0.307 e. The number of hydrogen-bond donors (Lipinski definition) is 0. The second-order valence-corrected chi connectivity index (χ2v) is 3.76. The number of aromatic nitrogens is 1. The predicted molar refractivity (Wildman–Crippen MR) is 64.9 cm³/mol. The maximum atomic E-state index is 13.6. The van der Waals surface area contributed by atoms with Crippen molar-refractivity contribution in [2.45, 2.75) is 6.42 Å². The fourth-order valence-electron chi connectivity index (χ4n) is 1.49. The minimum Gasteiger partial charge on any atom is -0.469 e. The van der Waals surface area contributed by atoms with Crippen molar-refractivity contribution in [1.82, 2.24) is 4.98 Å². The van der Waals surface area contributed by atoms with E-state index in [0.29, 0.717) is 13.2 Å². The summed E-state index contributed by atoms with van der Waals surface area (Å²) < 4.78 is 35.9. The molecule has 106 valence electrons. The first-order chi connectivity index (χ1) is 9.08. The molecule has 0 aliphatic carbocycles. The number of methoxy groups -OCH3 is 2. The molecule has 0 bridgehead atoms. The van der Waals surface area contributed by atoms with Crippen LogP contribution in [0.3, 0.4) is 0 Å². The highest BCUT2D eigenvalue weighted by molar-refractivity contribution is 5.69. The van der Waals surface area contributed by atoms with Crippen molar-refractivity contribution < 1.29 is 23.0 Å². The molecule has 7 heteroatoms. The lowest BCUT2D eigenvalue weighted by Gasteiger charge is -2.23. The highest BCUT2D eigenvalue weighted by Gasteiger charge is 2.15. The van der Waals surface area contributed by atoms with Crippen LogP contribution in [0.2, 0.25) is 0 Å². The van der Waals surface area contributed by atoms with Gasteiger partial charge in [-0.1, -0.05) is 0 Å². The Kier molecular flexibility index (Phi) is 6.14. The summed E-state index contributed by atoms with van der Waals surface area (Å²) in [6.07, 6.45) is 1.01. The first kappa shape index (κ1) is 15.3. The van der Waals surface area contributed by atoms with Crippen LogP contribution < -0.4 is 4.90 Å². The van der Waals surface area contributed by atoms with Crippen LogP contribution in [0.1, 0.15) is 6.42 Å². The van der Waals surface area contributed by atoms with E-state index in [1.807, 2.05) is 0 Å². The van der Waals surface area contributed by atoms with Crippen LogP contribution in [-0.2, 0) is 14.3 Å². The molecule has 1 aromatic rings. The summed E-state index contributed by atoms with van der Waals surface area (Å²) in [5.74, 6) is -1.95. The summed E-state index contributed by atoms with van der Waals surface area (Å²) in [6, 6.07) is 0.750. The van der Waals surface area contributed by atoms with Gasteiger partial charge in [0.2, 0.25) is 0 Å². The van der Waals surface area contributed by atoms with E-state index < -0.39 is 17.6 Å². The molecule has 0 aliphatic heterocycles. The van der Waals surface area contributed by atoms with Gasteiger partial charge in [-0.2, -0.15) is 0 Å². The van der Waals surface area contributed by atoms with Gasteiger partial charge in [0, 0.05) is 26.3 Å². The van der Waals surface area contributed by atoms with E-state index in [9.17, 15) is 13.6 Å². The van der Waals surface area contributed by atoms with Crippen molar-refractivity contribution in [3.8, 4) is 0 Å². The van der Waals surface area contributed by atoms with Crippen molar-refractivity contribution in [2.75, 3.05) is 38.8 Å². The normalized spacial score (nSPS) is 10.3. The fourth-order valence-corrected chi connectivity index (χ4v) is 1.49. The van der Waals surface area contributed by atoms with Crippen LogP contribution >= 0.6 is 0 Å². The molecule has 1 aromatic heterocycles. The number of halogens is 2. The van der Waals surface area contributed by atoms with Gasteiger partial charge in [0.05, 0.1) is 26.3 Å². The summed E-state index contributed by atoms with van der Waals surface area (Å²) in [4.78, 5) is 16.3. The van der Waals surface area contributed by atoms with Crippen molar-refractivity contribution in [2.24, 2.45) is 0 Å². The Bertz CT molecular complexity index is 429. The zero-order valence-electron chi connectivity index (χ0n) is 10.9. The second-order valence-electron chi connectivity index (χ2n) is 3.76. The highest BCUT2D eigenvalue weighted by atomic mass is 19.1. The van der Waals surface area contributed by atoms with Crippen molar-refractivity contribution >= 4 is 11.8 Å². The average molecular weight is 274 g/mol. The molecule has 0 aromatic carbocycles. The van der Waals surface area contributed by atoms with Gasteiger partial charge in [0.15, 0.2) is 11.6 Å². The molecule has 5 nitrogen and oxygen atoms in total. The summed E-state index contributed by atoms with van der Waals surface area (Å²) in [6.45, 7) is 0.883. The first-order valence-corrected chi connectivity index (χ1v) is 5.70. The quantitative estimate of drug-likeness (QED) is 0.703. The molecule has 1 rings (SSSR count). The van der Waals surface area contributed by atoms with Gasteiger partial charge < -0.3 is 14.4 Å². The number of carbonyl (C=O) groups excluding carboxylic acids is 1. The lowest BCUT2D eigenvalue weighted by molar-refractivity contribution is -0.140. The van der Waals surface area contributed by atoms with Gasteiger partial charge in [0.1, 0.15) is 5.82 Å². The summed E-state index contributed by atoms with van der Waals surface area (Å²) in [5.41, 5.74) is 0. The van der Waals surface area contributed by atoms with Gasteiger partial charge in [0.25, 0.3) is 0 Å². The molecule has 19 heavy (non-hydrogen) atoms. The third kappa shape index (κ3) is 4.78. The van der Waals surface area contributed by atoms with Gasteiger partial charge in [-0.25, -0.2) is 13.8 Å². The van der Waals surface area contributed by atoms with E-state index in [0.717, 1.165) is 12.3 Å². The number of esters is 1. The zero-order chi connectivity index (χ0) is 14.3. The van der Waals surface area contributed by atoms with Gasteiger partial charge in [-0.15, -0.1) is 0 Å². The molecule has 0 fully saturated rings. The largest absolute Gasteiger partial charge is 0.469 e. The van der Waals surface area contributed by atoms with E-state index >= 15 is 0 Å². The Morgan fingerprint density at radius 2 is 2.11 bits per heavy atom. The molecule has 1 heterocycles. The number of carbonyl (C=O) groups is 1. The van der Waals surface area contributed by atoms with E-state index in [1.54, 1.807) is 0 Å². The molecule has 0 spiro atoms. The fraction of sp³-hybridized carbons (Fsp3) is 0.500. The maximum absolute atomic E-state index is 13.6. The standard InChI is InChI=1S/C12H16F2N2O3/c1-18-6-5-16(4-3-11(17)19-2)12-10(14)7-9(13)8-15-12/h7-8H,3-6H2,1-2H3. The first-order valence-electron chi connectivity index (χ1n) is 5.70. The summed E-state index contributed by atoms with van der Waals surface area (Å²) in [5, 5.41) is 0. The smallest absolute Gasteiger partial charge is 0.307 e. The number of rotatable bonds is 7. The van der Waals surface area contributed by atoms with Crippen LogP contribution in [-0.4, -0.2) is 44.9 Å². The summed E-state index contributed by atoms with van der Waals surface area (Å²) >= 11 is 0. The molecular formula is C12H16F2N2O3. The minimum atomic E-state index is -0.777. The van der Waals surface area contributed by atoms with E-state index in [1.165, 1.54) is 19.1 Å². The zero-order valence-corrected chi connectivity index (χ0v) is 10.9. The van der Waals surface area contributed by atoms with E-state index in [-0.39, 0.29) is 18.8 Å². The number of hydrogen-bond acceptors (Lipinski definition) is 5. The molecule has 0 amide bonds. The number of anilines is 1. The monoisotopic (exact) mass is 274 g/mol. The van der Waals surface area contributed by atoms with Crippen LogP contribution in [0.25, 0.3) is 0 Å². The Balaban J connectivity index is 2.79. The Morgan fingerprint density at radius 1 is 1.37 bits per heavy atom. The van der Waals surface area contributed by atoms with Crippen LogP contribution in [0.15, 0.2) is 12.3 Å². The molecule has 0 N–H and O–H groups in total. The highest BCUT2D eigenvalue weighted by Crippen LogP contribution is 2.17. The third-order valence-corrected chi connectivity index (χ3v) is 2.47. The minimum absolute atomic E-state index is 0.0117. The molecule has 0 aliphatic rings. The Hall–Kier alpha value is -1.76. The Labute approximate surface area is 110 Å². The molecule has 0 saturated carbocycles. The second kappa shape index (κ2) is 7.63. The third-order valence-electron chi connectivity index (χ3n) is 2.47. The molecule has 0 atom stereocenters. The van der Waals surface area contributed by atoms with E-state index in [4.69, 9.17) is 4.74 Å². The lowest BCUT2D eigenvalue weighted by atomic mass is 10.3. The number of nitrogens with zero attached hydrogens (tertiary/aromatic N) is 2. The Morgan fingerprint density at radius 3 is 2.68 bits per heavy atom. The van der Waals surface area contributed by atoms with Crippen LogP contribution in [0.5, 0.6) is 0 Å². The van der Waals surface area contributed by atoms with Gasteiger partial charge in [-0.05, 0) is 0 Å². The SMILES string of the molecule is COCCN(CCC(=O)OC)c1ncc(F)cc1F. The van der Waals surface area contributed by atoms with Crippen molar-refractivity contribution in [3.63, 3.8) is 0 Å². The molecule has 0 radical (unpaired) electrons.